The normalized spacial score (nSPS) is 11.2. The minimum absolute atomic E-state index is 0.0626. The molecule has 1 N–H and O–H groups in total. The van der Waals surface area contributed by atoms with Crippen molar-refractivity contribution in [3.63, 3.8) is 0 Å². The second-order valence-electron chi connectivity index (χ2n) is 5.15. The van der Waals surface area contributed by atoms with Gasteiger partial charge in [0, 0.05) is 18.5 Å². The molecule has 1 aromatic rings. The molecule has 0 bridgehead atoms. The van der Waals surface area contributed by atoms with E-state index in [1.807, 2.05) is 26.8 Å². The fourth-order valence-corrected chi connectivity index (χ4v) is 1.41. The molecule has 0 unspecified atom stereocenters. The summed E-state index contributed by atoms with van der Waals surface area (Å²) in [7, 11) is 0. The molecule has 100 valence electrons. The van der Waals surface area contributed by atoms with Crippen LogP contribution in [0, 0.1) is 5.41 Å². The Hall–Kier alpha value is -1.65. The second kappa shape index (κ2) is 5.80. The molecule has 0 radical (unpaired) electrons. The number of amides is 1. The lowest BCUT2D eigenvalue weighted by Crippen LogP contribution is -2.28. The molecule has 0 aliphatic rings. The molecule has 1 aromatic heterocycles. The van der Waals surface area contributed by atoms with Crippen molar-refractivity contribution in [1.82, 2.24) is 10.2 Å². The van der Waals surface area contributed by atoms with E-state index in [-0.39, 0.29) is 5.91 Å². The lowest BCUT2D eigenvalue weighted by atomic mass is 9.96. The third kappa shape index (κ3) is 3.68. The zero-order chi connectivity index (χ0) is 13.8. The van der Waals surface area contributed by atoms with Crippen molar-refractivity contribution in [2.24, 2.45) is 5.41 Å². The quantitative estimate of drug-likeness (QED) is 0.891. The van der Waals surface area contributed by atoms with Crippen molar-refractivity contribution in [2.45, 2.75) is 34.6 Å². The van der Waals surface area contributed by atoms with Crippen molar-refractivity contribution in [3.05, 3.63) is 12.1 Å². The van der Waals surface area contributed by atoms with Gasteiger partial charge in [0.1, 0.15) is 0 Å². The fraction of sp³-hybridized carbons (Fsp3) is 0.615. The molecule has 0 aliphatic carbocycles. The molecular weight excluding hydrogens is 228 g/mol. The summed E-state index contributed by atoms with van der Waals surface area (Å²) in [5.74, 6) is 1.26. The van der Waals surface area contributed by atoms with Gasteiger partial charge in [-0.05, 0) is 26.0 Å². The summed E-state index contributed by atoms with van der Waals surface area (Å²) in [6.07, 6.45) is 0. The summed E-state index contributed by atoms with van der Waals surface area (Å²) in [6, 6.07) is 3.66. The molecule has 1 rings (SSSR count). The van der Waals surface area contributed by atoms with E-state index in [9.17, 15) is 4.79 Å². The Balaban J connectivity index is 2.75. The highest BCUT2D eigenvalue weighted by Crippen LogP contribution is 2.17. The van der Waals surface area contributed by atoms with E-state index in [0.717, 1.165) is 18.9 Å². The predicted octanol–water partition coefficient (Wildman–Crippen LogP) is 2.31. The summed E-state index contributed by atoms with van der Waals surface area (Å²) < 4.78 is 0. The number of aromatic nitrogens is 2. The maximum Gasteiger partial charge on any atom is 0.230 e. The van der Waals surface area contributed by atoms with Gasteiger partial charge >= 0.3 is 0 Å². The molecule has 0 aliphatic heterocycles. The van der Waals surface area contributed by atoms with Gasteiger partial charge < -0.3 is 10.2 Å². The number of nitrogens with zero attached hydrogens (tertiary/aromatic N) is 3. The summed E-state index contributed by atoms with van der Waals surface area (Å²) in [4.78, 5) is 13.9. The topological polar surface area (TPSA) is 58.1 Å². The van der Waals surface area contributed by atoms with Crippen LogP contribution in [0.5, 0.6) is 0 Å². The first-order chi connectivity index (χ1) is 8.38. The Kier molecular flexibility index (Phi) is 4.64. The van der Waals surface area contributed by atoms with Crippen LogP contribution in [0.4, 0.5) is 11.6 Å². The predicted molar refractivity (Wildman–Crippen MR) is 73.7 cm³/mol. The van der Waals surface area contributed by atoms with Crippen molar-refractivity contribution < 1.29 is 4.79 Å². The van der Waals surface area contributed by atoms with Crippen LogP contribution >= 0.6 is 0 Å². The Morgan fingerprint density at radius 1 is 1.22 bits per heavy atom. The smallest absolute Gasteiger partial charge is 0.230 e. The van der Waals surface area contributed by atoms with Crippen LogP contribution in [0.1, 0.15) is 34.6 Å². The van der Waals surface area contributed by atoms with Gasteiger partial charge in [0.15, 0.2) is 11.6 Å². The van der Waals surface area contributed by atoms with E-state index in [2.05, 4.69) is 34.3 Å². The van der Waals surface area contributed by atoms with Crippen LogP contribution < -0.4 is 10.2 Å². The van der Waals surface area contributed by atoms with E-state index < -0.39 is 5.41 Å². The molecule has 0 saturated carbocycles. The Labute approximate surface area is 109 Å². The van der Waals surface area contributed by atoms with Crippen LogP contribution in [-0.2, 0) is 4.79 Å². The Morgan fingerprint density at radius 3 is 2.22 bits per heavy atom. The molecule has 0 saturated heterocycles. The number of rotatable bonds is 4. The Bertz CT molecular complexity index is 390. The monoisotopic (exact) mass is 250 g/mol. The number of carbonyl (C=O) groups is 1. The maximum absolute atomic E-state index is 11.8. The third-order valence-electron chi connectivity index (χ3n) is 2.66. The van der Waals surface area contributed by atoms with Crippen LogP contribution in [0.3, 0.4) is 0 Å². The summed E-state index contributed by atoms with van der Waals surface area (Å²) in [6.45, 7) is 11.5. The minimum atomic E-state index is -0.431. The van der Waals surface area contributed by atoms with Crippen molar-refractivity contribution in [3.8, 4) is 0 Å². The van der Waals surface area contributed by atoms with E-state index >= 15 is 0 Å². The van der Waals surface area contributed by atoms with E-state index in [0.29, 0.717) is 5.82 Å². The molecule has 0 atom stereocenters. The van der Waals surface area contributed by atoms with Gasteiger partial charge in [0.25, 0.3) is 0 Å². The second-order valence-corrected chi connectivity index (χ2v) is 5.15. The maximum atomic E-state index is 11.8. The molecule has 5 heteroatoms. The van der Waals surface area contributed by atoms with Gasteiger partial charge in [-0.25, -0.2) is 0 Å². The van der Waals surface area contributed by atoms with Gasteiger partial charge in [-0.3, -0.25) is 4.79 Å². The van der Waals surface area contributed by atoms with Crippen LogP contribution in [0.25, 0.3) is 0 Å². The van der Waals surface area contributed by atoms with Crippen molar-refractivity contribution >= 4 is 17.5 Å². The van der Waals surface area contributed by atoms with Crippen LogP contribution in [0.15, 0.2) is 12.1 Å². The summed E-state index contributed by atoms with van der Waals surface area (Å²) in [5, 5.41) is 10.9. The number of nitrogens with one attached hydrogen (secondary N) is 1. The number of hydrogen-bond donors (Lipinski definition) is 1. The first-order valence-corrected chi connectivity index (χ1v) is 6.28. The van der Waals surface area contributed by atoms with Crippen molar-refractivity contribution in [1.29, 1.82) is 0 Å². The highest BCUT2D eigenvalue weighted by molar-refractivity contribution is 5.93. The Morgan fingerprint density at radius 2 is 1.83 bits per heavy atom. The SMILES string of the molecule is CCN(CC)c1ccc(NC(=O)C(C)(C)C)nn1. The number of anilines is 2. The fourth-order valence-electron chi connectivity index (χ4n) is 1.41. The van der Waals surface area contributed by atoms with E-state index in [1.54, 1.807) is 6.07 Å². The van der Waals surface area contributed by atoms with Gasteiger partial charge in [0.2, 0.25) is 5.91 Å². The first-order valence-electron chi connectivity index (χ1n) is 6.28. The number of hydrogen-bond acceptors (Lipinski definition) is 4. The summed E-state index contributed by atoms with van der Waals surface area (Å²) >= 11 is 0. The average molecular weight is 250 g/mol. The number of carbonyl (C=O) groups excluding carboxylic acids is 1. The van der Waals surface area contributed by atoms with Gasteiger partial charge in [-0.15, -0.1) is 10.2 Å². The molecule has 18 heavy (non-hydrogen) atoms. The highest BCUT2D eigenvalue weighted by Gasteiger charge is 2.21. The largest absolute Gasteiger partial charge is 0.356 e. The zero-order valence-electron chi connectivity index (χ0n) is 11.8. The molecule has 5 nitrogen and oxygen atoms in total. The van der Waals surface area contributed by atoms with Crippen molar-refractivity contribution in [2.75, 3.05) is 23.3 Å². The molecule has 0 fully saturated rings. The molecule has 0 aromatic carbocycles. The van der Waals surface area contributed by atoms with Gasteiger partial charge in [-0.2, -0.15) is 0 Å². The molecule has 1 amide bonds. The van der Waals surface area contributed by atoms with E-state index in [1.165, 1.54) is 0 Å². The third-order valence-corrected chi connectivity index (χ3v) is 2.66. The van der Waals surface area contributed by atoms with Gasteiger partial charge in [-0.1, -0.05) is 20.8 Å². The highest BCUT2D eigenvalue weighted by atomic mass is 16.2. The lowest BCUT2D eigenvalue weighted by Gasteiger charge is -2.20. The van der Waals surface area contributed by atoms with E-state index in [4.69, 9.17) is 0 Å². The van der Waals surface area contributed by atoms with Crippen LogP contribution in [-0.4, -0.2) is 29.2 Å². The first kappa shape index (κ1) is 14.4. The molecule has 0 spiro atoms. The molecular formula is C13H22N4O. The van der Waals surface area contributed by atoms with Crippen LogP contribution in [0.2, 0.25) is 0 Å². The lowest BCUT2D eigenvalue weighted by molar-refractivity contribution is -0.123. The zero-order valence-corrected chi connectivity index (χ0v) is 11.8. The average Bonchev–Trinajstić information content (AvgIpc) is 2.31. The van der Waals surface area contributed by atoms with Gasteiger partial charge in [0.05, 0.1) is 0 Å². The minimum Gasteiger partial charge on any atom is -0.356 e. The molecule has 1 heterocycles. The summed E-state index contributed by atoms with van der Waals surface area (Å²) in [5.41, 5.74) is -0.431. The standard InChI is InChI=1S/C13H22N4O/c1-6-17(7-2)11-9-8-10(15-16-11)14-12(18)13(3,4)5/h8-9H,6-7H2,1-5H3,(H,14,15,18).